The van der Waals surface area contributed by atoms with Crippen LogP contribution in [0.25, 0.3) is 16.6 Å². The number of ether oxygens (including phenoxy) is 1. The second kappa shape index (κ2) is 11.6. The lowest BCUT2D eigenvalue weighted by Crippen LogP contribution is -2.32. The lowest BCUT2D eigenvalue weighted by atomic mass is 9.91. The van der Waals surface area contributed by atoms with Crippen molar-refractivity contribution in [3.8, 4) is 11.4 Å². The molecule has 0 unspecified atom stereocenters. The quantitative estimate of drug-likeness (QED) is 0.333. The zero-order valence-electron chi connectivity index (χ0n) is 21.3. The van der Waals surface area contributed by atoms with Crippen molar-refractivity contribution in [3.63, 3.8) is 0 Å². The fourth-order valence-electron chi connectivity index (χ4n) is 4.97. The molecular weight excluding hydrogens is 460 g/mol. The zero-order valence-corrected chi connectivity index (χ0v) is 21.3. The molecule has 6 nitrogen and oxygen atoms in total. The van der Waals surface area contributed by atoms with E-state index in [0.29, 0.717) is 25.2 Å². The summed E-state index contributed by atoms with van der Waals surface area (Å²) in [5, 5.41) is 14.9. The largest absolute Gasteiger partial charge is 0.494 e. The molecule has 190 valence electrons. The van der Waals surface area contributed by atoms with Crippen molar-refractivity contribution in [3.05, 3.63) is 77.0 Å². The van der Waals surface area contributed by atoms with E-state index in [9.17, 15) is 8.78 Å². The third-order valence-electron chi connectivity index (χ3n) is 6.71. The molecule has 5 rings (SSSR count). The van der Waals surface area contributed by atoms with Crippen molar-refractivity contribution in [2.24, 2.45) is 0 Å². The number of rotatable bonds is 6. The number of nitrogens with zero attached hydrogens (tertiary/aromatic N) is 5. The fraction of sp³-hybridized carbons (Fsp3) is 0.393. The van der Waals surface area contributed by atoms with Crippen LogP contribution in [0, 0.1) is 19.7 Å². The van der Waals surface area contributed by atoms with Gasteiger partial charge in [-0.1, -0.05) is 30.3 Å². The second-order valence-electron chi connectivity index (χ2n) is 8.97. The van der Waals surface area contributed by atoms with Crippen LogP contribution in [-0.4, -0.2) is 51.8 Å². The summed E-state index contributed by atoms with van der Waals surface area (Å²) in [5.74, 6) is 0.437. The first kappa shape index (κ1) is 25.7. The number of aromatic nitrogens is 4. The molecule has 0 N–H and O–H groups in total. The highest BCUT2D eigenvalue weighted by Crippen LogP contribution is 2.34. The monoisotopic (exact) mass is 493 g/mol. The van der Waals surface area contributed by atoms with E-state index in [1.165, 1.54) is 11.6 Å². The van der Waals surface area contributed by atoms with E-state index in [1.54, 1.807) is 16.8 Å². The van der Waals surface area contributed by atoms with Gasteiger partial charge in [-0.25, -0.2) is 9.07 Å². The molecule has 0 saturated carbocycles. The van der Waals surface area contributed by atoms with Gasteiger partial charge in [-0.3, -0.25) is 9.29 Å². The van der Waals surface area contributed by atoms with Gasteiger partial charge in [0.1, 0.15) is 17.0 Å². The van der Waals surface area contributed by atoms with Crippen LogP contribution < -0.4 is 4.74 Å². The molecule has 0 amide bonds. The number of halogens is 2. The Bertz CT molecular complexity index is 1300. The minimum atomic E-state index is -0.365. The molecular formula is C28H33F2N5O. The summed E-state index contributed by atoms with van der Waals surface area (Å²) in [6.45, 7) is 9.25. The molecule has 2 aromatic heterocycles. The zero-order chi connectivity index (χ0) is 25.7. The third-order valence-corrected chi connectivity index (χ3v) is 6.71. The average molecular weight is 494 g/mol. The Balaban J connectivity index is 0.00000148. The van der Waals surface area contributed by atoms with Crippen molar-refractivity contribution in [1.29, 1.82) is 0 Å². The van der Waals surface area contributed by atoms with Crippen molar-refractivity contribution < 1.29 is 13.5 Å². The van der Waals surface area contributed by atoms with E-state index in [1.807, 2.05) is 20.8 Å². The molecule has 2 aromatic carbocycles. The molecule has 36 heavy (non-hydrogen) atoms. The molecule has 1 saturated heterocycles. The van der Waals surface area contributed by atoms with Crippen molar-refractivity contribution >= 4 is 10.9 Å². The molecule has 0 aliphatic carbocycles. The van der Waals surface area contributed by atoms with Gasteiger partial charge in [-0.15, -0.1) is 0 Å². The van der Waals surface area contributed by atoms with Gasteiger partial charge in [0.25, 0.3) is 0 Å². The molecule has 1 fully saturated rings. The van der Waals surface area contributed by atoms with Crippen LogP contribution in [0.1, 0.15) is 48.3 Å². The van der Waals surface area contributed by atoms with Crippen LogP contribution in [0.15, 0.2) is 48.5 Å². The van der Waals surface area contributed by atoms with Crippen LogP contribution in [0.5, 0.6) is 5.75 Å². The predicted octanol–water partition coefficient (Wildman–Crippen LogP) is 5.94. The molecule has 0 spiro atoms. The van der Waals surface area contributed by atoms with Gasteiger partial charge in [0.2, 0.25) is 0 Å². The molecule has 1 aliphatic heterocycles. The van der Waals surface area contributed by atoms with Gasteiger partial charge in [0.15, 0.2) is 5.82 Å². The molecule has 3 heterocycles. The molecule has 4 aromatic rings. The first-order valence-electron chi connectivity index (χ1n) is 12.3. The minimum absolute atomic E-state index is 0.288. The lowest BCUT2D eigenvalue weighted by Gasteiger charge is -2.31. The van der Waals surface area contributed by atoms with Crippen LogP contribution in [0.3, 0.4) is 0 Å². The fourth-order valence-corrected chi connectivity index (χ4v) is 4.97. The van der Waals surface area contributed by atoms with E-state index < -0.39 is 0 Å². The Morgan fingerprint density at radius 3 is 2.39 bits per heavy atom. The Hall–Kier alpha value is -3.39. The van der Waals surface area contributed by atoms with Gasteiger partial charge in [-0.05, 0) is 64.4 Å². The highest BCUT2D eigenvalue weighted by molar-refractivity contribution is 5.86. The lowest BCUT2D eigenvalue weighted by molar-refractivity contribution is 0.203. The summed E-state index contributed by atoms with van der Waals surface area (Å²) >= 11 is 0. The maximum atomic E-state index is 15.0. The van der Waals surface area contributed by atoms with Crippen LogP contribution in [0.4, 0.5) is 8.78 Å². The molecule has 0 radical (unpaired) electrons. The standard InChI is InChI=1S/C27H30FN5O.CH3F/c1-4-34-22-10-11-24(23(28)16-22)33-19(3)25-18(2)29-30-26(27(25)31-33)21-12-14-32(15-13-21)17-20-8-6-5-7-9-20;1-2/h5-11,16,21H,4,12-15,17H2,1-3H3;1H3. The third kappa shape index (κ3) is 5.23. The average Bonchev–Trinajstić information content (AvgIpc) is 3.25. The number of fused-ring (bicyclic) bond motifs is 1. The highest BCUT2D eigenvalue weighted by Gasteiger charge is 2.27. The topological polar surface area (TPSA) is 56.1 Å². The molecule has 0 atom stereocenters. The smallest absolute Gasteiger partial charge is 0.152 e. The van der Waals surface area contributed by atoms with Crippen LogP contribution >= 0.6 is 0 Å². The van der Waals surface area contributed by atoms with Crippen molar-refractivity contribution in [2.45, 2.75) is 46.1 Å². The second-order valence-corrected chi connectivity index (χ2v) is 8.97. The van der Waals surface area contributed by atoms with Crippen molar-refractivity contribution in [2.75, 3.05) is 26.9 Å². The van der Waals surface area contributed by atoms with E-state index in [2.05, 4.69) is 45.4 Å². The summed E-state index contributed by atoms with van der Waals surface area (Å²) in [5.41, 5.74) is 5.18. The first-order chi connectivity index (χ1) is 17.5. The Labute approximate surface area is 210 Å². The summed E-state index contributed by atoms with van der Waals surface area (Å²) < 4.78 is 31.6. The van der Waals surface area contributed by atoms with Crippen molar-refractivity contribution in [1.82, 2.24) is 24.9 Å². The number of benzene rings is 2. The van der Waals surface area contributed by atoms with Gasteiger partial charge in [0.05, 0.1) is 30.9 Å². The minimum Gasteiger partial charge on any atom is -0.494 e. The Kier molecular flexibility index (Phi) is 8.25. The molecule has 8 heteroatoms. The molecule has 1 aliphatic rings. The van der Waals surface area contributed by atoms with Gasteiger partial charge in [0, 0.05) is 23.9 Å². The summed E-state index contributed by atoms with van der Waals surface area (Å²) in [6, 6.07) is 15.5. The normalized spacial score (nSPS) is 14.5. The Morgan fingerprint density at radius 2 is 1.72 bits per heavy atom. The van der Waals surface area contributed by atoms with E-state index in [4.69, 9.17) is 9.84 Å². The van der Waals surface area contributed by atoms with E-state index >= 15 is 0 Å². The number of hydrogen-bond acceptors (Lipinski definition) is 5. The van der Waals surface area contributed by atoms with Crippen LogP contribution in [-0.2, 0) is 6.54 Å². The SMILES string of the molecule is CCOc1ccc(-n2nc3c(C4CCN(Cc5ccccc5)CC4)nnc(C)c3c2C)c(F)c1.CF. The predicted molar refractivity (Wildman–Crippen MR) is 138 cm³/mol. The highest BCUT2D eigenvalue weighted by atomic mass is 19.1. The number of likely N-dealkylation sites (tertiary alicyclic amines) is 1. The molecule has 0 bridgehead atoms. The van der Waals surface area contributed by atoms with Crippen LogP contribution in [0.2, 0.25) is 0 Å². The maximum Gasteiger partial charge on any atom is 0.152 e. The summed E-state index contributed by atoms with van der Waals surface area (Å²) in [7, 11) is 0.500. The Morgan fingerprint density at radius 1 is 1.00 bits per heavy atom. The van der Waals surface area contributed by atoms with E-state index in [0.717, 1.165) is 60.5 Å². The summed E-state index contributed by atoms with van der Waals surface area (Å²) in [6.07, 6.45) is 2.01. The van der Waals surface area contributed by atoms with Gasteiger partial charge < -0.3 is 4.74 Å². The first-order valence-corrected chi connectivity index (χ1v) is 12.3. The van der Waals surface area contributed by atoms with Gasteiger partial charge >= 0.3 is 0 Å². The number of alkyl halides is 1. The number of hydrogen-bond donors (Lipinski definition) is 0. The number of piperidine rings is 1. The van der Waals surface area contributed by atoms with E-state index in [-0.39, 0.29) is 11.7 Å². The summed E-state index contributed by atoms with van der Waals surface area (Å²) in [4.78, 5) is 2.49. The van der Waals surface area contributed by atoms with Gasteiger partial charge in [-0.2, -0.15) is 15.3 Å². The number of aryl methyl sites for hydroxylation is 2. The maximum absolute atomic E-state index is 15.0.